The summed E-state index contributed by atoms with van der Waals surface area (Å²) in [6.45, 7) is 0. The molecule has 2 rings (SSSR count). The fourth-order valence-electron chi connectivity index (χ4n) is 1.12. The number of pyridine rings is 1. The lowest BCUT2D eigenvalue weighted by atomic mass is 10.1. The molecule has 0 unspecified atom stereocenters. The Kier molecular flexibility index (Phi) is 1.86. The fraction of sp³-hybridized carbons (Fsp3) is 0.111. The van der Waals surface area contributed by atoms with E-state index in [0.29, 0.717) is 0 Å². The van der Waals surface area contributed by atoms with E-state index in [1.54, 1.807) is 6.20 Å². The van der Waals surface area contributed by atoms with Gasteiger partial charge in [-0.1, -0.05) is 6.07 Å². The van der Waals surface area contributed by atoms with Crippen LogP contribution in [-0.2, 0) is 0 Å². The minimum atomic E-state index is 0.874. The van der Waals surface area contributed by atoms with E-state index < -0.39 is 0 Å². The molecule has 3 nitrogen and oxygen atoms in total. The van der Waals surface area contributed by atoms with E-state index in [1.807, 2.05) is 30.7 Å². The lowest BCUT2D eigenvalue weighted by Crippen LogP contribution is -2.03. The van der Waals surface area contributed by atoms with Gasteiger partial charge in [-0.05, 0) is 17.2 Å². The molecule has 2 heterocycles. The maximum absolute atomic E-state index is 4.05. The number of hydrogen-bond donors (Lipinski definition) is 1. The van der Waals surface area contributed by atoms with E-state index >= 15 is 0 Å². The first kappa shape index (κ1) is 7.03. The minimum absolute atomic E-state index is 0.874. The third-order valence-corrected chi connectivity index (χ3v) is 1.75. The van der Waals surface area contributed by atoms with Gasteiger partial charge < -0.3 is 0 Å². The summed E-state index contributed by atoms with van der Waals surface area (Å²) in [6, 6.07) is 3.97. The second-order valence-corrected chi connectivity index (χ2v) is 2.56. The van der Waals surface area contributed by atoms with E-state index in [0.717, 1.165) is 12.0 Å². The molecule has 1 aromatic heterocycles. The molecule has 3 heteroatoms. The highest BCUT2D eigenvalue weighted by Crippen LogP contribution is 2.15. The zero-order valence-corrected chi connectivity index (χ0v) is 6.57. The van der Waals surface area contributed by atoms with Gasteiger partial charge in [-0.25, -0.2) is 0 Å². The van der Waals surface area contributed by atoms with E-state index in [-0.39, 0.29) is 0 Å². The second kappa shape index (κ2) is 3.17. The van der Waals surface area contributed by atoms with E-state index in [9.17, 15) is 0 Å². The maximum atomic E-state index is 4.05. The van der Waals surface area contributed by atoms with Gasteiger partial charge in [0.25, 0.3) is 0 Å². The molecule has 0 saturated heterocycles. The summed E-state index contributed by atoms with van der Waals surface area (Å²) in [5.41, 5.74) is 5.18. The van der Waals surface area contributed by atoms with Crippen molar-refractivity contribution >= 4 is 11.8 Å². The Morgan fingerprint density at radius 2 is 2.42 bits per heavy atom. The number of rotatable bonds is 1. The van der Waals surface area contributed by atoms with Crippen molar-refractivity contribution in [3.8, 4) is 0 Å². The van der Waals surface area contributed by atoms with Crippen molar-refractivity contribution in [3.63, 3.8) is 0 Å². The van der Waals surface area contributed by atoms with Gasteiger partial charge in [-0.3, -0.25) is 10.4 Å². The van der Waals surface area contributed by atoms with Crippen LogP contribution in [0, 0.1) is 0 Å². The van der Waals surface area contributed by atoms with E-state index in [4.69, 9.17) is 0 Å². The highest BCUT2D eigenvalue weighted by atomic mass is 15.3. The normalized spacial score (nSPS) is 15.2. The summed E-state index contributed by atoms with van der Waals surface area (Å²) in [6.07, 6.45) is 8.25. The van der Waals surface area contributed by atoms with Gasteiger partial charge in [0.15, 0.2) is 0 Å². The lowest BCUT2D eigenvalue weighted by molar-refractivity contribution is 0.953. The van der Waals surface area contributed by atoms with E-state index in [2.05, 4.69) is 15.5 Å². The third-order valence-electron chi connectivity index (χ3n) is 1.75. The molecule has 0 bridgehead atoms. The zero-order chi connectivity index (χ0) is 8.23. The molecule has 0 radical (unpaired) electrons. The van der Waals surface area contributed by atoms with Gasteiger partial charge in [0.05, 0.1) is 0 Å². The van der Waals surface area contributed by atoms with Crippen LogP contribution in [0.3, 0.4) is 0 Å². The number of hydrogen-bond acceptors (Lipinski definition) is 3. The van der Waals surface area contributed by atoms with Crippen LogP contribution in [0.2, 0.25) is 0 Å². The highest BCUT2D eigenvalue weighted by Gasteiger charge is 2.01. The van der Waals surface area contributed by atoms with Crippen molar-refractivity contribution in [2.75, 3.05) is 0 Å². The van der Waals surface area contributed by atoms with Crippen molar-refractivity contribution in [2.24, 2.45) is 5.10 Å². The molecule has 0 aromatic carbocycles. The zero-order valence-electron chi connectivity index (χ0n) is 6.57. The van der Waals surface area contributed by atoms with Crippen LogP contribution in [0.25, 0.3) is 5.57 Å². The first-order valence-electron chi connectivity index (χ1n) is 3.83. The number of nitrogens with one attached hydrogen (secondary N) is 1. The Labute approximate surface area is 70.8 Å². The predicted molar refractivity (Wildman–Crippen MR) is 48.5 cm³/mol. The van der Waals surface area contributed by atoms with Gasteiger partial charge in [0.2, 0.25) is 0 Å². The molecule has 0 aliphatic carbocycles. The predicted octanol–water partition coefficient (Wildman–Crippen LogP) is 1.40. The number of nitrogens with zero attached hydrogens (tertiary/aromatic N) is 2. The quantitative estimate of drug-likeness (QED) is 0.672. The molecular weight excluding hydrogens is 150 g/mol. The van der Waals surface area contributed by atoms with Crippen LogP contribution >= 0.6 is 0 Å². The molecule has 0 amide bonds. The Bertz CT molecular complexity index is 314. The highest BCUT2D eigenvalue weighted by molar-refractivity contribution is 5.80. The Morgan fingerprint density at radius 1 is 1.42 bits per heavy atom. The summed E-state index contributed by atoms with van der Waals surface area (Å²) in [5.74, 6) is 0. The molecule has 1 aromatic rings. The van der Waals surface area contributed by atoms with Crippen LogP contribution in [0.15, 0.2) is 35.8 Å². The molecular formula is C9H9N3. The van der Waals surface area contributed by atoms with Gasteiger partial charge in [0, 0.05) is 31.2 Å². The van der Waals surface area contributed by atoms with Gasteiger partial charge in [-0.2, -0.15) is 5.10 Å². The molecule has 0 saturated carbocycles. The lowest BCUT2D eigenvalue weighted by Gasteiger charge is -2.07. The molecule has 1 aliphatic heterocycles. The van der Waals surface area contributed by atoms with Crippen LogP contribution in [0.4, 0.5) is 0 Å². The van der Waals surface area contributed by atoms with Crippen molar-refractivity contribution in [1.29, 1.82) is 0 Å². The Balaban J connectivity index is 2.26. The number of aromatic nitrogens is 1. The van der Waals surface area contributed by atoms with Crippen molar-refractivity contribution in [1.82, 2.24) is 10.4 Å². The third kappa shape index (κ3) is 1.34. The van der Waals surface area contributed by atoms with E-state index in [1.165, 1.54) is 5.57 Å². The summed E-state index contributed by atoms with van der Waals surface area (Å²) >= 11 is 0. The minimum Gasteiger partial charge on any atom is -0.286 e. The van der Waals surface area contributed by atoms with Crippen molar-refractivity contribution in [3.05, 3.63) is 36.3 Å². The number of hydrazone groups is 1. The summed E-state index contributed by atoms with van der Waals surface area (Å²) in [5, 5.41) is 3.88. The monoisotopic (exact) mass is 159 g/mol. The molecule has 12 heavy (non-hydrogen) atoms. The Hall–Kier alpha value is -1.64. The van der Waals surface area contributed by atoms with Crippen LogP contribution in [0.1, 0.15) is 12.0 Å². The SMILES string of the molecule is C1=NNC=C(c2cccnc2)C1. The van der Waals surface area contributed by atoms with Crippen LogP contribution in [-0.4, -0.2) is 11.2 Å². The molecule has 0 spiro atoms. The first-order chi connectivity index (χ1) is 5.97. The van der Waals surface area contributed by atoms with Gasteiger partial charge >= 0.3 is 0 Å². The average Bonchev–Trinajstić information content (AvgIpc) is 2.21. The fourth-order valence-corrected chi connectivity index (χ4v) is 1.12. The molecule has 1 N–H and O–H groups in total. The summed E-state index contributed by atoms with van der Waals surface area (Å²) < 4.78 is 0. The molecule has 60 valence electrons. The summed E-state index contributed by atoms with van der Waals surface area (Å²) in [7, 11) is 0. The smallest absolute Gasteiger partial charge is 0.0343 e. The second-order valence-electron chi connectivity index (χ2n) is 2.56. The topological polar surface area (TPSA) is 37.3 Å². The molecule has 1 aliphatic rings. The molecule has 0 atom stereocenters. The summed E-state index contributed by atoms with van der Waals surface area (Å²) in [4.78, 5) is 4.05. The average molecular weight is 159 g/mol. The Morgan fingerprint density at radius 3 is 3.08 bits per heavy atom. The number of allylic oxidation sites excluding steroid dienone is 1. The largest absolute Gasteiger partial charge is 0.286 e. The van der Waals surface area contributed by atoms with Crippen LogP contribution < -0.4 is 5.43 Å². The maximum Gasteiger partial charge on any atom is 0.0343 e. The standard InChI is InChI=1S/C9H9N3/c1-2-8(6-10-4-1)9-3-5-11-12-7-9/h1-2,4-7,12H,3H2. The van der Waals surface area contributed by atoms with Gasteiger partial charge in [-0.15, -0.1) is 0 Å². The van der Waals surface area contributed by atoms with Crippen molar-refractivity contribution < 1.29 is 0 Å². The van der Waals surface area contributed by atoms with Crippen LogP contribution in [0.5, 0.6) is 0 Å². The van der Waals surface area contributed by atoms with Crippen molar-refractivity contribution in [2.45, 2.75) is 6.42 Å². The molecule has 0 fully saturated rings. The first-order valence-corrected chi connectivity index (χ1v) is 3.83. The van der Waals surface area contributed by atoms with Gasteiger partial charge in [0.1, 0.15) is 0 Å².